The lowest BCUT2D eigenvalue weighted by Gasteiger charge is -2.36. The molecule has 8 heteroatoms. The molecule has 3 aromatic rings. The zero-order valence-corrected chi connectivity index (χ0v) is 19.8. The number of piperazine rings is 1. The number of benzene rings is 2. The van der Waals surface area contributed by atoms with E-state index in [9.17, 15) is 9.59 Å². The fourth-order valence-corrected chi connectivity index (χ4v) is 5.46. The van der Waals surface area contributed by atoms with Crippen molar-refractivity contribution in [1.82, 2.24) is 14.9 Å². The second-order valence-corrected chi connectivity index (χ2v) is 9.65. The highest BCUT2D eigenvalue weighted by Gasteiger charge is 2.38. The van der Waals surface area contributed by atoms with Crippen LogP contribution in [0.2, 0.25) is 0 Å². The van der Waals surface area contributed by atoms with Crippen molar-refractivity contribution in [2.24, 2.45) is 5.92 Å². The van der Waals surface area contributed by atoms with Crippen molar-refractivity contribution in [1.29, 1.82) is 0 Å². The third kappa shape index (κ3) is 4.29. The number of anilines is 3. The van der Waals surface area contributed by atoms with Crippen LogP contribution in [0.4, 0.5) is 17.2 Å². The number of nitrogens with zero attached hydrogens (tertiary/aromatic N) is 6. The predicted molar refractivity (Wildman–Crippen MR) is 137 cm³/mol. The molecule has 6 rings (SSSR count). The molecule has 3 fully saturated rings. The number of fused-ring (bicyclic) bond motifs is 1. The quantitative estimate of drug-likeness (QED) is 0.584. The summed E-state index contributed by atoms with van der Waals surface area (Å²) in [6.45, 7) is 5.32. The molecule has 2 amide bonds. The van der Waals surface area contributed by atoms with Gasteiger partial charge in [-0.05, 0) is 49.2 Å². The Labute approximate surface area is 205 Å². The second kappa shape index (κ2) is 9.17. The molecule has 1 unspecified atom stereocenters. The van der Waals surface area contributed by atoms with Crippen LogP contribution >= 0.6 is 0 Å². The van der Waals surface area contributed by atoms with Crippen LogP contribution in [0.15, 0.2) is 54.7 Å². The minimum atomic E-state index is -0.284. The molecule has 35 heavy (non-hydrogen) atoms. The number of hydrogen-bond acceptors (Lipinski definition) is 6. The van der Waals surface area contributed by atoms with Crippen LogP contribution in [-0.2, 0) is 9.59 Å². The zero-order chi connectivity index (χ0) is 23.8. The minimum Gasteiger partial charge on any atom is -0.372 e. The molecular formula is C27H30N6O2. The van der Waals surface area contributed by atoms with Crippen LogP contribution in [0.3, 0.4) is 0 Å². The summed E-state index contributed by atoms with van der Waals surface area (Å²) in [5, 5.41) is 0. The Morgan fingerprint density at radius 1 is 0.800 bits per heavy atom. The van der Waals surface area contributed by atoms with Crippen LogP contribution in [0.25, 0.3) is 11.0 Å². The highest BCUT2D eigenvalue weighted by atomic mass is 16.2. The SMILES string of the molecule is O=C(C1CC(=O)N(c2ccc(N3CCCC3)cc2)C1)N1CCN(c2cnc3ccccc3n2)CC1. The summed E-state index contributed by atoms with van der Waals surface area (Å²) in [5.74, 6) is 0.671. The lowest BCUT2D eigenvalue weighted by molar-refractivity contribution is -0.136. The van der Waals surface area contributed by atoms with Crippen LogP contribution in [0.1, 0.15) is 19.3 Å². The number of carbonyl (C=O) groups excluding carboxylic acids is 2. The molecule has 0 bridgehead atoms. The normalized spacial score (nSPS) is 20.8. The molecule has 180 valence electrons. The first-order valence-corrected chi connectivity index (χ1v) is 12.6. The van der Waals surface area contributed by atoms with Crippen LogP contribution < -0.4 is 14.7 Å². The Kier molecular flexibility index (Phi) is 5.72. The molecule has 0 N–H and O–H groups in total. The second-order valence-electron chi connectivity index (χ2n) is 9.65. The van der Waals surface area contributed by atoms with Gasteiger partial charge in [0, 0.05) is 63.6 Å². The molecule has 0 radical (unpaired) electrons. The highest BCUT2D eigenvalue weighted by Crippen LogP contribution is 2.29. The summed E-state index contributed by atoms with van der Waals surface area (Å²) in [7, 11) is 0. The topological polar surface area (TPSA) is 72.9 Å². The summed E-state index contributed by atoms with van der Waals surface area (Å²) < 4.78 is 0. The number of carbonyl (C=O) groups is 2. The Balaban J connectivity index is 1.07. The third-order valence-corrected chi connectivity index (χ3v) is 7.46. The molecule has 3 aliphatic rings. The predicted octanol–water partition coefficient (Wildman–Crippen LogP) is 2.93. The Morgan fingerprint density at radius 2 is 1.49 bits per heavy atom. The zero-order valence-electron chi connectivity index (χ0n) is 19.8. The number of amides is 2. The maximum Gasteiger partial charge on any atom is 0.228 e. The first kappa shape index (κ1) is 21.8. The van der Waals surface area contributed by atoms with E-state index in [1.165, 1.54) is 18.5 Å². The van der Waals surface area contributed by atoms with Gasteiger partial charge in [0.2, 0.25) is 11.8 Å². The largest absolute Gasteiger partial charge is 0.372 e. The first-order valence-electron chi connectivity index (χ1n) is 12.6. The molecule has 2 aromatic carbocycles. The van der Waals surface area contributed by atoms with Gasteiger partial charge >= 0.3 is 0 Å². The standard InChI is InChI=1S/C27H30N6O2/c34-26-17-20(19-33(26)22-9-7-21(8-10-22)30-11-3-4-12-30)27(35)32-15-13-31(14-16-32)25-18-28-23-5-1-2-6-24(23)29-25/h1-2,5-10,18,20H,3-4,11-17,19H2. The summed E-state index contributed by atoms with van der Waals surface area (Å²) in [5.41, 5.74) is 3.85. The minimum absolute atomic E-state index is 0.0300. The van der Waals surface area contributed by atoms with Gasteiger partial charge in [-0.25, -0.2) is 4.98 Å². The highest BCUT2D eigenvalue weighted by molar-refractivity contribution is 6.00. The van der Waals surface area contributed by atoms with Crippen molar-refractivity contribution < 1.29 is 9.59 Å². The van der Waals surface area contributed by atoms with E-state index in [1.807, 2.05) is 47.5 Å². The van der Waals surface area contributed by atoms with E-state index in [0.29, 0.717) is 32.7 Å². The molecule has 0 saturated carbocycles. The Morgan fingerprint density at radius 3 is 2.23 bits per heavy atom. The third-order valence-electron chi connectivity index (χ3n) is 7.46. The van der Waals surface area contributed by atoms with Gasteiger partial charge in [-0.15, -0.1) is 0 Å². The van der Waals surface area contributed by atoms with Crippen molar-refractivity contribution >= 4 is 40.0 Å². The lowest BCUT2D eigenvalue weighted by Crippen LogP contribution is -2.51. The van der Waals surface area contributed by atoms with Crippen molar-refractivity contribution in [3.05, 3.63) is 54.7 Å². The van der Waals surface area contributed by atoms with E-state index in [0.717, 1.165) is 35.6 Å². The molecular weight excluding hydrogens is 440 g/mol. The van der Waals surface area contributed by atoms with Gasteiger partial charge in [0.15, 0.2) is 0 Å². The van der Waals surface area contributed by atoms with E-state index >= 15 is 0 Å². The van der Waals surface area contributed by atoms with Crippen molar-refractivity contribution in [3.8, 4) is 0 Å². The fourth-order valence-electron chi connectivity index (χ4n) is 5.46. The van der Waals surface area contributed by atoms with Crippen molar-refractivity contribution in [2.45, 2.75) is 19.3 Å². The first-order chi connectivity index (χ1) is 17.2. The van der Waals surface area contributed by atoms with Crippen molar-refractivity contribution in [2.75, 3.05) is 60.5 Å². The van der Waals surface area contributed by atoms with E-state index < -0.39 is 0 Å². The summed E-state index contributed by atoms with van der Waals surface area (Å²) in [6, 6.07) is 16.1. The van der Waals surface area contributed by atoms with Crippen LogP contribution in [-0.4, -0.2) is 72.5 Å². The summed E-state index contributed by atoms with van der Waals surface area (Å²) >= 11 is 0. The number of rotatable bonds is 4. The van der Waals surface area contributed by atoms with E-state index in [1.54, 1.807) is 4.90 Å². The molecule has 3 saturated heterocycles. The maximum absolute atomic E-state index is 13.3. The van der Waals surface area contributed by atoms with E-state index in [4.69, 9.17) is 4.98 Å². The molecule has 1 aromatic heterocycles. The van der Waals surface area contributed by atoms with E-state index in [-0.39, 0.29) is 24.2 Å². The monoisotopic (exact) mass is 470 g/mol. The molecule has 1 atom stereocenters. The number of para-hydroxylation sites is 2. The van der Waals surface area contributed by atoms with Gasteiger partial charge < -0.3 is 19.6 Å². The lowest BCUT2D eigenvalue weighted by atomic mass is 10.1. The Hall–Kier alpha value is -3.68. The average molecular weight is 471 g/mol. The molecule has 0 aliphatic carbocycles. The van der Waals surface area contributed by atoms with Crippen LogP contribution in [0, 0.1) is 5.92 Å². The van der Waals surface area contributed by atoms with Gasteiger partial charge in [-0.3, -0.25) is 14.6 Å². The molecule has 3 aliphatic heterocycles. The van der Waals surface area contributed by atoms with Crippen molar-refractivity contribution in [3.63, 3.8) is 0 Å². The average Bonchev–Trinajstić information content (AvgIpc) is 3.59. The van der Waals surface area contributed by atoms with Gasteiger partial charge in [0.1, 0.15) is 5.82 Å². The molecule has 0 spiro atoms. The Bertz CT molecular complexity index is 1230. The van der Waals surface area contributed by atoms with E-state index in [2.05, 4.69) is 26.9 Å². The molecule has 4 heterocycles. The smallest absolute Gasteiger partial charge is 0.228 e. The van der Waals surface area contributed by atoms with Gasteiger partial charge in [0.25, 0.3) is 0 Å². The van der Waals surface area contributed by atoms with Gasteiger partial charge in [0.05, 0.1) is 23.1 Å². The summed E-state index contributed by atoms with van der Waals surface area (Å²) in [6.07, 6.45) is 4.56. The fraction of sp³-hybridized carbons (Fsp3) is 0.407. The molecule has 8 nitrogen and oxygen atoms in total. The van der Waals surface area contributed by atoms with Gasteiger partial charge in [-0.2, -0.15) is 0 Å². The van der Waals surface area contributed by atoms with Crippen LogP contribution in [0.5, 0.6) is 0 Å². The number of hydrogen-bond donors (Lipinski definition) is 0. The number of aromatic nitrogens is 2. The van der Waals surface area contributed by atoms with Gasteiger partial charge in [-0.1, -0.05) is 12.1 Å². The summed E-state index contributed by atoms with van der Waals surface area (Å²) in [4.78, 5) is 43.5. The maximum atomic E-state index is 13.3.